The van der Waals surface area contributed by atoms with Crippen LogP contribution in [0.15, 0.2) is 446 Å². The Hall–Kier alpha value is -11.1. The Morgan fingerprint density at radius 1 is 0.252 bits per heavy atom. The van der Waals surface area contributed by atoms with Crippen LogP contribution >= 0.6 is 95.6 Å². The van der Waals surface area contributed by atoms with Gasteiger partial charge in [-0.05, 0) is 268 Å². The number of aliphatic hydroxyl groups excluding tert-OH is 2. The number of aromatic nitrogens is 5. The Kier molecular flexibility index (Phi) is 32.7. The monoisotopic (exact) mass is 2490 g/mol. The molecule has 0 saturated carbocycles. The molecule has 2 N–H and O–H groups in total. The topological polar surface area (TPSA) is 105 Å². The number of hydrogen-bond acceptors (Lipinski definition) is 7. The fraction of sp³-hybridized carbons (Fsp3) is 0.0917. The van der Waals surface area contributed by atoms with Crippen molar-refractivity contribution in [3.63, 3.8) is 0 Å². The van der Waals surface area contributed by atoms with Crippen LogP contribution in [0.5, 0.6) is 0 Å². The van der Waals surface area contributed by atoms with Crippen LogP contribution in [-0.4, -0.2) is 47.3 Å². The molecule has 0 saturated heterocycles. The van der Waals surface area contributed by atoms with Gasteiger partial charge in [-0.1, -0.05) is 319 Å². The molecule has 5 aromatic heterocycles. The second kappa shape index (κ2) is 44.8. The minimum atomic E-state index is -0.453. The van der Waals surface area contributed by atoms with Crippen LogP contribution in [0.25, 0.3) is 89.7 Å². The standard InChI is InChI=1S/2C31H21Br2N.C31H20Br2N.2C11H8N.C5H12O2.2Ir/c3*1-20-5-9-22(10-6-20)31(23-11-7-21(8-12-23)30-4-2-3-17-34-30)28-18-24(32)13-15-26(28)27-16-14-25(33)19-29(27)31;2*1-2-6-10(7-3-1)11-8-4-5-9-12-11;1-4(6)3-5(2)7;;/h2*2-19H,1H3;2-7,9-19H,1H3;2*1-6,8-9H;4-7H,3H2,1-2H3;;/q;;3*-1;;;. The first-order valence-electron chi connectivity index (χ1n) is 43.9. The summed E-state index contributed by atoms with van der Waals surface area (Å²) in [6.07, 6.45) is 8.81. The van der Waals surface area contributed by atoms with Crippen LogP contribution in [0.2, 0.25) is 0 Å². The van der Waals surface area contributed by atoms with Gasteiger partial charge in [0.2, 0.25) is 0 Å². The largest absolute Gasteiger partial charge is 0.393 e. The predicted molar refractivity (Wildman–Crippen MR) is 565 cm³/mol. The van der Waals surface area contributed by atoms with Crippen molar-refractivity contribution < 1.29 is 50.4 Å². The van der Waals surface area contributed by atoms with Crippen molar-refractivity contribution in [2.24, 2.45) is 0 Å². The van der Waals surface area contributed by atoms with Crippen molar-refractivity contribution in [1.82, 2.24) is 24.9 Å². The quantitative estimate of drug-likeness (QED) is 0.111. The molecule has 7 nitrogen and oxygen atoms in total. The van der Waals surface area contributed by atoms with Gasteiger partial charge < -0.3 is 25.2 Å². The van der Waals surface area contributed by atoms with Gasteiger partial charge >= 0.3 is 0 Å². The molecular weight excluding hydrogens is 2410 g/mol. The van der Waals surface area contributed by atoms with E-state index in [-0.39, 0.29) is 52.4 Å². The Labute approximate surface area is 868 Å². The molecule has 15 heteroatoms. The minimum absolute atomic E-state index is 0. The summed E-state index contributed by atoms with van der Waals surface area (Å²) >= 11 is 22.5. The van der Waals surface area contributed by atoms with E-state index < -0.39 is 16.2 Å². The number of aryl methyl sites for hydroxylation is 3. The van der Waals surface area contributed by atoms with Gasteiger partial charge in [0.1, 0.15) is 0 Å². The molecule has 3 aliphatic rings. The SMILES string of the molecule is CC(O)CC(C)O.Cc1ccc(C2(c3c[c-]c(-c4ccccn4)cc3)c3cc(Br)ccc3-c3ccc(Br)cc32)cc1.Cc1ccc(C2(c3ccc(-c4ccccn4)cc3)c3cc(Br)ccc3-c3ccc(Br)cc32)cc1.Cc1ccc(C2(c3ccc(-c4ccccn4)cc3)c3cc(Br)ccc3-c3ccc(Br)cc32)cc1.[Ir].[Ir].[c-]1ccccc1-c1ccccn1.[c-]1ccccc1-c1ccccn1. The first kappa shape index (κ1) is 98.4. The molecule has 0 bridgehead atoms. The molecule has 0 fully saturated rings. The second-order valence-electron chi connectivity index (χ2n) is 33.2. The van der Waals surface area contributed by atoms with E-state index >= 15 is 0 Å². The summed E-state index contributed by atoms with van der Waals surface area (Å²) in [6.45, 7) is 9.73. The van der Waals surface area contributed by atoms with Crippen LogP contribution in [0, 0.1) is 39.0 Å². The maximum Gasteiger partial charge on any atom is 0.0714 e. The maximum absolute atomic E-state index is 8.56. The third-order valence-corrected chi connectivity index (χ3v) is 27.3. The summed E-state index contributed by atoms with van der Waals surface area (Å²) in [6, 6.07) is 146. The third kappa shape index (κ3) is 21.2. The van der Waals surface area contributed by atoms with Crippen LogP contribution in [0.4, 0.5) is 0 Å². The van der Waals surface area contributed by atoms with E-state index in [2.05, 4.69) is 420 Å². The van der Waals surface area contributed by atoms with E-state index in [0.29, 0.717) is 6.42 Å². The molecule has 2 radical (unpaired) electrons. The van der Waals surface area contributed by atoms with Crippen molar-refractivity contribution in [2.75, 3.05) is 0 Å². The zero-order valence-electron chi connectivity index (χ0n) is 74.3. The van der Waals surface area contributed by atoms with E-state index in [1.54, 1.807) is 26.2 Å². The fourth-order valence-corrected chi connectivity index (χ4v) is 20.6. The summed E-state index contributed by atoms with van der Waals surface area (Å²) in [5.74, 6) is 0. The number of rotatable bonds is 13. The Bertz CT molecular complexity index is 6340. The van der Waals surface area contributed by atoms with Crippen LogP contribution in [-0.2, 0) is 56.5 Å². The van der Waals surface area contributed by atoms with E-state index in [1.807, 2.05) is 146 Å². The van der Waals surface area contributed by atoms with E-state index in [1.165, 1.54) is 117 Å². The molecule has 0 aliphatic heterocycles. The van der Waals surface area contributed by atoms with Gasteiger partial charge in [0, 0.05) is 115 Å². The maximum atomic E-state index is 8.56. The molecule has 2 atom stereocenters. The van der Waals surface area contributed by atoms with Crippen molar-refractivity contribution in [1.29, 1.82) is 0 Å². The predicted octanol–water partition coefficient (Wildman–Crippen LogP) is 31.9. The summed E-state index contributed by atoms with van der Waals surface area (Å²) in [5.41, 5.74) is 35.4. The minimum Gasteiger partial charge on any atom is -0.393 e. The zero-order valence-corrected chi connectivity index (χ0v) is 88.6. The molecule has 0 spiro atoms. The van der Waals surface area contributed by atoms with Gasteiger partial charge in [-0.15, -0.1) is 107 Å². The molecule has 3 aliphatic carbocycles. The zero-order chi connectivity index (χ0) is 92.2. The Morgan fingerprint density at radius 2 is 0.481 bits per heavy atom. The Morgan fingerprint density at radius 3 is 0.696 bits per heavy atom. The Balaban J connectivity index is 0.000000132. The average molecular weight is 2500 g/mol. The molecule has 670 valence electrons. The van der Waals surface area contributed by atoms with E-state index in [0.717, 1.165) is 83.1 Å². The number of benzene rings is 14. The van der Waals surface area contributed by atoms with Crippen LogP contribution in [0.1, 0.15) is 104 Å². The third-order valence-electron chi connectivity index (χ3n) is 24.4. The first-order valence-corrected chi connectivity index (χ1v) is 48.7. The number of nitrogens with zero attached hydrogens (tertiary/aromatic N) is 5. The van der Waals surface area contributed by atoms with E-state index in [4.69, 9.17) is 10.2 Å². The van der Waals surface area contributed by atoms with Crippen molar-refractivity contribution in [3.05, 3.63) is 548 Å². The number of hydrogen-bond donors (Lipinski definition) is 2. The van der Waals surface area contributed by atoms with E-state index in [9.17, 15) is 0 Å². The summed E-state index contributed by atoms with van der Waals surface area (Å²) in [5, 5.41) is 17.1. The number of pyridine rings is 5. The molecule has 2 unspecified atom stereocenters. The number of aliphatic hydroxyl groups is 2. The fourth-order valence-electron chi connectivity index (χ4n) is 18.4. The van der Waals surface area contributed by atoms with Gasteiger partial charge in [0.25, 0.3) is 0 Å². The smallest absolute Gasteiger partial charge is 0.0714 e. The summed E-state index contributed by atoms with van der Waals surface area (Å²) < 4.78 is 6.48. The number of fused-ring (bicyclic) bond motifs is 9. The van der Waals surface area contributed by atoms with Gasteiger partial charge in [-0.2, -0.15) is 0 Å². The van der Waals surface area contributed by atoms with Gasteiger partial charge in [0.15, 0.2) is 0 Å². The van der Waals surface area contributed by atoms with Gasteiger partial charge in [-0.3, -0.25) is 9.97 Å². The number of halogens is 6. The van der Waals surface area contributed by atoms with Crippen LogP contribution < -0.4 is 0 Å². The average Bonchev–Trinajstić information content (AvgIpc) is 1.55. The van der Waals surface area contributed by atoms with Crippen molar-refractivity contribution in [3.8, 4) is 89.7 Å². The van der Waals surface area contributed by atoms with Crippen molar-refractivity contribution in [2.45, 2.75) is 69.5 Å². The van der Waals surface area contributed by atoms with Crippen molar-refractivity contribution >= 4 is 95.6 Å². The molecule has 5 heterocycles. The normalized spacial score (nSPS) is 12.8. The molecule has 14 aromatic carbocycles. The summed E-state index contributed by atoms with van der Waals surface area (Å²) in [7, 11) is 0. The molecule has 19 aromatic rings. The molecule has 0 amide bonds. The summed E-state index contributed by atoms with van der Waals surface area (Å²) in [4.78, 5) is 22.0. The molecular formula is C120H90Br6Ir2N5O2-3. The van der Waals surface area contributed by atoms with Gasteiger partial charge in [-0.25, -0.2) is 0 Å². The van der Waals surface area contributed by atoms with Gasteiger partial charge in [0.05, 0.1) is 34.4 Å². The molecule has 135 heavy (non-hydrogen) atoms. The molecule has 22 rings (SSSR count). The second-order valence-corrected chi connectivity index (χ2v) is 38.7. The van der Waals surface area contributed by atoms with Crippen LogP contribution in [0.3, 0.4) is 0 Å². The first-order chi connectivity index (χ1) is 64.8.